The smallest absolute Gasteiger partial charge is 0.420 e. The van der Waals surface area contributed by atoms with Gasteiger partial charge in [0.1, 0.15) is 5.75 Å². The van der Waals surface area contributed by atoms with Crippen molar-refractivity contribution in [2.45, 2.75) is 51.2 Å². The van der Waals surface area contributed by atoms with Crippen molar-refractivity contribution in [2.24, 2.45) is 17.6 Å². The molecule has 1 aliphatic carbocycles. The van der Waals surface area contributed by atoms with Crippen molar-refractivity contribution in [3.8, 4) is 16.9 Å². The summed E-state index contributed by atoms with van der Waals surface area (Å²) in [5.74, 6) is -1.65. The summed E-state index contributed by atoms with van der Waals surface area (Å²) in [6.45, 7) is 2.01. The molecule has 276 valence electrons. The molecule has 0 bridgehead atoms. The van der Waals surface area contributed by atoms with Crippen molar-refractivity contribution in [3.63, 3.8) is 0 Å². The van der Waals surface area contributed by atoms with Gasteiger partial charge in [-0.2, -0.15) is 13.2 Å². The molecule has 5 aromatic rings. The average Bonchev–Trinajstić information content (AvgIpc) is 3.58. The van der Waals surface area contributed by atoms with E-state index in [0.717, 1.165) is 70.9 Å². The number of rotatable bonds is 13. The molecule has 0 aliphatic heterocycles. The average molecular weight is 725 g/mol. The second kappa shape index (κ2) is 16.9. The first-order valence-electron chi connectivity index (χ1n) is 17.9. The Kier molecular flexibility index (Phi) is 11.9. The number of esters is 1. The molecule has 0 spiro atoms. The van der Waals surface area contributed by atoms with Gasteiger partial charge in [0.15, 0.2) is 0 Å². The topological polar surface area (TPSA) is 118 Å². The summed E-state index contributed by atoms with van der Waals surface area (Å²) in [4.78, 5) is 43.3. The van der Waals surface area contributed by atoms with Crippen LogP contribution in [0.25, 0.3) is 22.0 Å². The SMILES string of the molecule is NCC1CCC(CNC(=O)c2cccc(-c3cccc(CN(CCc4ccc(OC(=O)C(F)(F)F)cc4)C(=O)Cc4c[nH]c5ccccc45)c3)c2)CC1. The predicted octanol–water partition coefficient (Wildman–Crippen LogP) is 7.61. The van der Waals surface area contributed by atoms with Crippen LogP contribution in [-0.4, -0.2) is 53.5 Å². The molecule has 2 amide bonds. The third-order valence-corrected chi connectivity index (χ3v) is 10.0. The first-order valence-corrected chi connectivity index (χ1v) is 17.9. The van der Waals surface area contributed by atoms with E-state index in [1.54, 1.807) is 17.0 Å². The minimum Gasteiger partial charge on any atom is -0.420 e. The number of carbonyl (C=O) groups excluding carboxylic acids is 3. The van der Waals surface area contributed by atoms with Crippen LogP contribution in [0, 0.1) is 11.8 Å². The second-order valence-electron chi connectivity index (χ2n) is 13.7. The van der Waals surface area contributed by atoms with E-state index in [9.17, 15) is 27.6 Å². The van der Waals surface area contributed by atoms with Crippen LogP contribution in [0.2, 0.25) is 0 Å². The molecule has 1 aliphatic rings. The third-order valence-electron chi connectivity index (χ3n) is 10.0. The molecule has 0 unspecified atom stereocenters. The van der Waals surface area contributed by atoms with Gasteiger partial charge in [0, 0.05) is 42.3 Å². The molecule has 53 heavy (non-hydrogen) atoms. The zero-order chi connectivity index (χ0) is 37.4. The van der Waals surface area contributed by atoms with Crippen LogP contribution in [0.5, 0.6) is 5.75 Å². The first-order chi connectivity index (χ1) is 25.6. The summed E-state index contributed by atoms with van der Waals surface area (Å²) in [5.41, 5.74) is 11.7. The highest BCUT2D eigenvalue weighted by atomic mass is 19.4. The van der Waals surface area contributed by atoms with Crippen molar-refractivity contribution in [1.29, 1.82) is 0 Å². The molecule has 1 saturated carbocycles. The number of hydrogen-bond acceptors (Lipinski definition) is 5. The van der Waals surface area contributed by atoms with Crippen molar-refractivity contribution < 1.29 is 32.3 Å². The van der Waals surface area contributed by atoms with E-state index < -0.39 is 12.1 Å². The van der Waals surface area contributed by atoms with E-state index in [2.05, 4.69) is 15.0 Å². The van der Waals surface area contributed by atoms with Gasteiger partial charge in [-0.25, -0.2) is 4.79 Å². The fraction of sp³-hybridized carbons (Fsp3) is 0.310. The Morgan fingerprint density at radius 3 is 2.26 bits per heavy atom. The van der Waals surface area contributed by atoms with Crippen LogP contribution in [0.3, 0.4) is 0 Å². The zero-order valence-corrected chi connectivity index (χ0v) is 29.3. The predicted molar refractivity (Wildman–Crippen MR) is 198 cm³/mol. The number of carbonyl (C=O) groups is 3. The lowest BCUT2D eigenvalue weighted by Gasteiger charge is -2.27. The molecule has 1 heterocycles. The molecule has 0 atom stereocenters. The van der Waals surface area contributed by atoms with Gasteiger partial charge < -0.3 is 25.7 Å². The summed E-state index contributed by atoms with van der Waals surface area (Å²) in [6.07, 6.45) is 1.70. The lowest BCUT2D eigenvalue weighted by Crippen LogP contribution is -2.33. The Morgan fingerprint density at radius 2 is 1.53 bits per heavy atom. The number of amides is 2. The van der Waals surface area contributed by atoms with E-state index in [4.69, 9.17) is 5.73 Å². The molecule has 4 N–H and O–H groups in total. The summed E-state index contributed by atoms with van der Waals surface area (Å²) in [7, 11) is 0. The van der Waals surface area contributed by atoms with Gasteiger partial charge in [0.2, 0.25) is 5.91 Å². The number of H-pyrrole nitrogens is 1. The van der Waals surface area contributed by atoms with Gasteiger partial charge in [-0.05, 0) is 115 Å². The third kappa shape index (κ3) is 9.92. The number of halogens is 3. The summed E-state index contributed by atoms with van der Waals surface area (Å²) in [5, 5.41) is 4.09. The maximum atomic E-state index is 13.9. The summed E-state index contributed by atoms with van der Waals surface area (Å²) >= 11 is 0. The minimum atomic E-state index is -5.09. The molecule has 8 nitrogen and oxygen atoms in total. The molecule has 0 radical (unpaired) electrons. The number of aromatic amines is 1. The van der Waals surface area contributed by atoms with Crippen LogP contribution < -0.4 is 15.8 Å². The van der Waals surface area contributed by atoms with Crippen LogP contribution in [0.4, 0.5) is 13.2 Å². The normalized spacial score (nSPS) is 15.9. The number of fused-ring (bicyclic) bond motifs is 1. The van der Waals surface area contributed by atoms with Gasteiger partial charge in [-0.15, -0.1) is 0 Å². The number of ether oxygens (including phenoxy) is 1. The number of hydrogen-bond donors (Lipinski definition) is 3. The van der Waals surface area contributed by atoms with Crippen molar-refractivity contribution in [2.75, 3.05) is 19.6 Å². The molecule has 1 fully saturated rings. The van der Waals surface area contributed by atoms with Crippen molar-refractivity contribution in [1.82, 2.24) is 15.2 Å². The van der Waals surface area contributed by atoms with Crippen molar-refractivity contribution >= 4 is 28.7 Å². The summed E-state index contributed by atoms with van der Waals surface area (Å²) in [6, 6.07) is 29.0. The fourth-order valence-corrected chi connectivity index (χ4v) is 6.92. The number of para-hydroxylation sites is 1. The molecule has 11 heteroatoms. The summed E-state index contributed by atoms with van der Waals surface area (Å²) < 4.78 is 42.4. The van der Waals surface area contributed by atoms with E-state index in [-0.39, 0.29) is 24.0 Å². The zero-order valence-electron chi connectivity index (χ0n) is 29.3. The highest BCUT2D eigenvalue weighted by molar-refractivity contribution is 5.95. The lowest BCUT2D eigenvalue weighted by molar-refractivity contribution is -0.189. The van der Waals surface area contributed by atoms with Gasteiger partial charge in [-0.3, -0.25) is 9.59 Å². The number of nitrogens with zero attached hydrogens (tertiary/aromatic N) is 1. The quantitative estimate of drug-likeness (QED) is 0.0854. The highest BCUT2D eigenvalue weighted by Gasteiger charge is 2.41. The van der Waals surface area contributed by atoms with Crippen LogP contribution >= 0.6 is 0 Å². The highest BCUT2D eigenvalue weighted by Crippen LogP contribution is 2.28. The van der Waals surface area contributed by atoms with Crippen LogP contribution in [-0.2, 0) is 29.0 Å². The van der Waals surface area contributed by atoms with Gasteiger partial charge >= 0.3 is 12.1 Å². The number of nitrogens with one attached hydrogen (secondary N) is 2. The molecular weight excluding hydrogens is 681 g/mol. The number of benzene rings is 4. The van der Waals surface area contributed by atoms with E-state index in [1.807, 2.05) is 79.0 Å². The molecule has 4 aromatic carbocycles. The molecule has 6 rings (SSSR count). The van der Waals surface area contributed by atoms with Gasteiger partial charge in [0.25, 0.3) is 5.91 Å². The number of aromatic nitrogens is 1. The molecule has 0 saturated heterocycles. The maximum absolute atomic E-state index is 13.9. The Morgan fingerprint density at radius 1 is 0.830 bits per heavy atom. The van der Waals surface area contributed by atoms with Gasteiger partial charge in [0.05, 0.1) is 6.42 Å². The maximum Gasteiger partial charge on any atom is 0.491 e. The molecule has 1 aromatic heterocycles. The van der Waals surface area contributed by atoms with E-state index in [0.29, 0.717) is 43.5 Å². The monoisotopic (exact) mass is 724 g/mol. The number of nitrogens with two attached hydrogens (primary N) is 1. The Hall–Kier alpha value is -5.42. The number of alkyl halides is 3. The van der Waals surface area contributed by atoms with Crippen molar-refractivity contribution in [3.05, 3.63) is 126 Å². The Labute approximate surface area is 306 Å². The van der Waals surface area contributed by atoms with Gasteiger partial charge in [-0.1, -0.05) is 60.7 Å². The second-order valence-corrected chi connectivity index (χ2v) is 13.7. The van der Waals surface area contributed by atoms with E-state index >= 15 is 0 Å². The fourth-order valence-electron chi connectivity index (χ4n) is 6.92. The first kappa shape index (κ1) is 37.3. The Balaban J connectivity index is 1.15. The standard InChI is InChI=1S/C42H43F3N4O4/c43-42(44,45)41(52)53-36-17-15-28(16-18-36)19-20-49(39(50)23-35-26-47-38-10-2-1-9-37(35)38)27-31-5-3-6-32(21-31)33-7-4-8-34(22-33)40(51)48-25-30-13-11-29(24-46)12-14-30/h1-10,15-18,21-22,26,29-30,47H,11-14,19-20,23-25,27,46H2,(H,48,51). The van der Waals surface area contributed by atoms with Crippen LogP contribution in [0.15, 0.2) is 103 Å². The van der Waals surface area contributed by atoms with E-state index in [1.165, 1.54) is 12.1 Å². The van der Waals surface area contributed by atoms with Crippen LogP contribution in [0.1, 0.15) is 52.7 Å². The Bertz CT molecular complexity index is 2030. The lowest BCUT2D eigenvalue weighted by atomic mass is 9.82. The molecular formula is C42H43F3N4O4. The largest absolute Gasteiger partial charge is 0.491 e. The minimum absolute atomic E-state index is 0.0916.